The molecule has 0 heterocycles. The molecule has 0 aliphatic heterocycles. The van der Waals surface area contributed by atoms with Crippen LogP contribution in [0.4, 0.5) is 0 Å². The number of nitrogens with zero attached hydrogens (tertiary/aromatic N) is 1. The van der Waals surface area contributed by atoms with Crippen molar-refractivity contribution in [3.05, 3.63) is 0 Å². The Morgan fingerprint density at radius 1 is 1.70 bits per heavy atom. The predicted molar refractivity (Wildman–Crippen MR) is 40.1 cm³/mol. The summed E-state index contributed by atoms with van der Waals surface area (Å²) < 4.78 is 10.9. The van der Waals surface area contributed by atoms with Crippen LogP contribution in [0.2, 0.25) is 0 Å². The maximum Gasteiger partial charge on any atom is 0.200 e. The molecule has 0 saturated heterocycles. The van der Waals surface area contributed by atoms with Gasteiger partial charge in [0.1, 0.15) is 0 Å². The van der Waals surface area contributed by atoms with Crippen LogP contribution in [0, 0.1) is 0 Å². The van der Waals surface area contributed by atoms with Crippen molar-refractivity contribution in [2.24, 2.45) is 5.16 Å². The SMILES string of the molecule is CCP(=O)(O)CCC=NO. The van der Waals surface area contributed by atoms with Crippen molar-refractivity contribution in [3.63, 3.8) is 0 Å². The third-order valence-electron chi connectivity index (χ3n) is 1.18. The van der Waals surface area contributed by atoms with Crippen molar-refractivity contribution in [1.82, 2.24) is 0 Å². The van der Waals surface area contributed by atoms with Gasteiger partial charge in [-0.3, -0.25) is 4.57 Å². The molecule has 0 amide bonds. The van der Waals surface area contributed by atoms with Crippen LogP contribution in [0.1, 0.15) is 13.3 Å². The lowest BCUT2D eigenvalue weighted by molar-refractivity contribution is 0.320. The molecule has 0 spiro atoms. The van der Waals surface area contributed by atoms with Crippen LogP contribution in [0.15, 0.2) is 5.16 Å². The smallest absolute Gasteiger partial charge is 0.200 e. The number of hydrogen-bond acceptors (Lipinski definition) is 3. The summed E-state index contributed by atoms with van der Waals surface area (Å²) >= 11 is 0. The van der Waals surface area contributed by atoms with E-state index in [2.05, 4.69) is 5.16 Å². The molecular weight excluding hydrogens is 153 g/mol. The summed E-state index contributed by atoms with van der Waals surface area (Å²) in [5.41, 5.74) is 0. The summed E-state index contributed by atoms with van der Waals surface area (Å²) in [5, 5.41) is 10.6. The monoisotopic (exact) mass is 165 g/mol. The quantitative estimate of drug-likeness (QED) is 0.284. The number of hydrogen-bond donors (Lipinski definition) is 2. The second kappa shape index (κ2) is 4.47. The second-order valence-electron chi connectivity index (χ2n) is 1.97. The van der Waals surface area contributed by atoms with Gasteiger partial charge in [0.05, 0.1) is 0 Å². The Morgan fingerprint density at radius 2 is 2.30 bits per heavy atom. The summed E-state index contributed by atoms with van der Waals surface area (Å²) in [6, 6.07) is 0. The predicted octanol–water partition coefficient (Wildman–Crippen LogP) is 1.13. The molecule has 0 saturated carbocycles. The average molecular weight is 165 g/mol. The van der Waals surface area contributed by atoms with Crippen molar-refractivity contribution >= 4 is 13.6 Å². The largest absolute Gasteiger partial charge is 0.411 e. The molecule has 5 heteroatoms. The zero-order valence-electron chi connectivity index (χ0n) is 5.90. The van der Waals surface area contributed by atoms with Crippen molar-refractivity contribution < 1.29 is 14.7 Å². The first-order valence-corrected chi connectivity index (χ1v) is 5.12. The van der Waals surface area contributed by atoms with Crippen LogP contribution in [0.25, 0.3) is 0 Å². The van der Waals surface area contributed by atoms with Crippen LogP contribution in [0.3, 0.4) is 0 Å². The fourth-order valence-corrected chi connectivity index (χ4v) is 1.31. The van der Waals surface area contributed by atoms with Crippen LogP contribution >= 0.6 is 7.37 Å². The molecule has 2 N–H and O–H groups in total. The highest BCUT2D eigenvalue weighted by Crippen LogP contribution is 2.39. The Kier molecular flexibility index (Phi) is 4.32. The van der Waals surface area contributed by atoms with Crippen molar-refractivity contribution in [3.8, 4) is 0 Å². The maximum absolute atomic E-state index is 10.9. The minimum absolute atomic E-state index is 0.202. The minimum atomic E-state index is -2.91. The van der Waals surface area contributed by atoms with Crippen molar-refractivity contribution in [1.29, 1.82) is 0 Å². The van der Waals surface area contributed by atoms with Gasteiger partial charge in [0, 0.05) is 18.5 Å². The topological polar surface area (TPSA) is 69.9 Å². The van der Waals surface area contributed by atoms with E-state index in [1.807, 2.05) is 0 Å². The summed E-state index contributed by atoms with van der Waals surface area (Å²) in [5.74, 6) is 0. The standard InChI is InChI=1S/C5H12NO3P/c1-2-10(8,9)5-3-4-6-7/h4,7H,2-3,5H2,1H3,(H,8,9). The molecule has 0 aliphatic rings. The normalized spacial score (nSPS) is 17.4. The van der Waals surface area contributed by atoms with Gasteiger partial charge in [-0.2, -0.15) is 0 Å². The van der Waals surface area contributed by atoms with Gasteiger partial charge in [0.15, 0.2) is 0 Å². The first-order chi connectivity index (χ1) is 4.62. The molecule has 10 heavy (non-hydrogen) atoms. The van der Waals surface area contributed by atoms with E-state index in [4.69, 9.17) is 10.1 Å². The maximum atomic E-state index is 10.9. The van der Waals surface area contributed by atoms with Gasteiger partial charge in [-0.1, -0.05) is 6.92 Å². The Labute approximate surface area is 60.0 Å². The summed E-state index contributed by atoms with van der Waals surface area (Å²) in [6.07, 6.45) is 2.07. The molecule has 1 atom stereocenters. The van der Waals surface area contributed by atoms with Gasteiger partial charge in [-0.15, -0.1) is 5.16 Å². The molecule has 1 unspecified atom stereocenters. The fourth-order valence-electron chi connectivity index (χ4n) is 0.475. The van der Waals surface area contributed by atoms with Gasteiger partial charge in [-0.05, 0) is 6.42 Å². The van der Waals surface area contributed by atoms with E-state index in [1.54, 1.807) is 6.92 Å². The Bertz CT molecular complexity index is 157. The molecular formula is C5H12NO3P. The lowest BCUT2D eigenvalue weighted by Gasteiger charge is -2.04. The third kappa shape index (κ3) is 4.53. The molecule has 0 aromatic rings. The highest BCUT2D eigenvalue weighted by atomic mass is 31.2. The third-order valence-corrected chi connectivity index (χ3v) is 3.13. The summed E-state index contributed by atoms with van der Waals surface area (Å²) in [7, 11) is -2.91. The average Bonchev–Trinajstić information content (AvgIpc) is 1.89. The van der Waals surface area contributed by atoms with Crippen molar-refractivity contribution in [2.45, 2.75) is 13.3 Å². The van der Waals surface area contributed by atoms with E-state index in [-0.39, 0.29) is 12.3 Å². The van der Waals surface area contributed by atoms with Crippen LogP contribution in [-0.4, -0.2) is 28.6 Å². The van der Waals surface area contributed by atoms with Crippen LogP contribution < -0.4 is 0 Å². The number of oxime groups is 1. The molecule has 0 aromatic carbocycles. The summed E-state index contributed by atoms with van der Waals surface area (Å²) in [4.78, 5) is 8.96. The highest BCUT2D eigenvalue weighted by molar-refractivity contribution is 7.57. The molecule has 0 fully saturated rings. The molecule has 0 bridgehead atoms. The fraction of sp³-hybridized carbons (Fsp3) is 0.800. The van der Waals surface area contributed by atoms with Crippen molar-refractivity contribution in [2.75, 3.05) is 12.3 Å². The van der Waals surface area contributed by atoms with Gasteiger partial charge in [0.2, 0.25) is 7.37 Å². The molecule has 0 radical (unpaired) electrons. The first-order valence-electron chi connectivity index (χ1n) is 3.09. The Hall–Kier alpha value is -0.340. The van der Waals surface area contributed by atoms with E-state index in [1.165, 1.54) is 6.21 Å². The number of rotatable bonds is 4. The van der Waals surface area contributed by atoms with E-state index >= 15 is 0 Å². The highest BCUT2D eigenvalue weighted by Gasteiger charge is 2.12. The second-order valence-corrected chi connectivity index (χ2v) is 4.75. The molecule has 60 valence electrons. The Balaban J connectivity index is 3.57. The first kappa shape index (κ1) is 9.66. The van der Waals surface area contributed by atoms with E-state index in [9.17, 15) is 4.57 Å². The lowest BCUT2D eigenvalue weighted by atomic mass is 10.5. The summed E-state index contributed by atoms with van der Waals surface area (Å²) in [6.45, 7) is 1.66. The van der Waals surface area contributed by atoms with Gasteiger partial charge in [-0.25, -0.2) is 0 Å². The van der Waals surface area contributed by atoms with Crippen LogP contribution in [-0.2, 0) is 4.57 Å². The zero-order valence-corrected chi connectivity index (χ0v) is 6.79. The minimum Gasteiger partial charge on any atom is -0.411 e. The van der Waals surface area contributed by atoms with E-state index in [0.717, 1.165) is 0 Å². The van der Waals surface area contributed by atoms with E-state index < -0.39 is 7.37 Å². The molecule has 0 rings (SSSR count). The zero-order chi connectivity index (χ0) is 8.04. The molecule has 0 aliphatic carbocycles. The lowest BCUT2D eigenvalue weighted by Crippen LogP contribution is -1.91. The Morgan fingerprint density at radius 3 is 2.70 bits per heavy atom. The van der Waals surface area contributed by atoms with Crippen LogP contribution in [0.5, 0.6) is 0 Å². The van der Waals surface area contributed by atoms with Gasteiger partial charge < -0.3 is 10.1 Å². The molecule has 0 aromatic heterocycles. The molecule has 4 nitrogen and oxygen atoms in total. The van der Waals surface area contributed by atoms with Gasteiger partial charge in [0.25, 0.3) is 0 Å². The van der Waals surface area contributed by atoms with Gasteiger partial charge >= 0.3 is 0 Å². The van der Waals surface area contributed by atoms with E-state index in [0.29, 0.717) is 6.42 Å².